The Bertz CT molecular complexity index is 1060. The number of benzene rings is 2. The van der Waals surface area contributed by atoms with Crippen molar-refractivity contribution in [2.75, 3.05) is 13.2 Å². The Morgan fingerprint density at radius 1 is 1.23 bits per heavy atom. The second-order valence-electron chi connectivity index (χ2n) is 7.57. The summed E-state index contributed by atoms with van der Waals surface area (Å²) < 4.78 is 7.75. The molecule has 1 aliphatic heterocycles. The fraction of sp³-hybridized carbons (Fsp3) is 0.348. The van der Waals surface area contributed by atoms with Crippen LogP contribution in [0, 0.1) is 6.92 Å². The van der Waals surface area contributed by atoms with Gasteiger partial charge >= 0.3 is 0 Å². The van der Waals surface area contributed by atoms with Crippen molar-refractivity contribution in [2.24, 2.45) is 12.0 Å². The minimum absolute atomic E-state index is 0.128. The van der Waals surface area contributed by atoms with Crippen LogP contribution < -0.4 is 15.4 Å². The third-order valence-electron chi connectivity index (χ3n) is 5.43. The van der Waals surface area contributed by atoms with Gasteiger partial charge in [-0.3, -0.25) is 0 Å². The first-order valence-electron chi connectivity index (χ1n) is 10.5. The molecule has 31 heavy (non-hydrogen) atoms. The zero-order chi connectivity index (χ0) is 21.6. The molecule has 162 valence electrons. The van der Waals surface area contributed by atoms with Crippen molar-refractivity contribution in [1.82, 2.24) is 25.4 Å². The molecular weight excluding hydrogens is 412 g/mol. The molecule has 0 saturated heterocycles. The lowest BCUT2D eigenvalue weighted by Gasteiger charge is -2.28. The Hall–Kier alpha value is -3.06. The summed E-state index contributed by atoms with van der Waals surface area (Å²) in [7, 11) is 1.95. The molecular formula is C23H27ClN6O. The number of guanidine groups is 1. The zero-order valence-electron chi connectivity index (χ0n) is 17.8. The molecule has 2 N–H and O–H groups in total. The van der Waals surface area contributed by atoms with Gasteiger partial charge in [0.2, 0.25) is 0 Å². The number of halogens is 1. The molecule has 8 heteroatoms. The Morgan fingerprint density at radius 2 is 2.10 bits per heavy atom. The molecule has 0 aliphatic carbocycles. The number of nitrogens with one attached hydrogen (secondary N) is 2. The van der Waals surface area contributed by atoms with Gasteiger partial charge < -0.3 is 19.9 Å². The molecule has 0 spiro atoms. The van der Waals surface area contributed by atoms with Crippen LogP contribution in [0.25, 0.3) is 0 Å². The van der Waals surface area contributed by atoms with E-state index in [1.54, 1.807) is 0 Å². The molecule has 0 bridgehead atoms. The normalized spacial score (nSPS) is 15.8. The van der Waals surface area contributed by atoms with E-state index in [0.717, 1.165) is 53.3 Å². The number of hydrogen-bond acceptors (Lipinski definition) is 4. The van der Waals surface area contributed by atoms with Crippen LogP contribution in [0.5, 0.6) is 5.75 Å². The van der Waals surface area contributed by atoms with Crippen LogP contribution in [0.4, 0.5) is 0 Å². The van der Waals surface area contributed by atoms with Crippen LogP contribution in [-0.2, 0) is 20.0 Å². The average molecular weight is 439 g/mol. The minimum atomic E-state index is 0.128. The molecule has 1 aromatic heterocycles. The number of ether oxygens (including phenoxy) is 1. The van der Waals surface area contributed by atoms with Gasteiger partial charge in [0.1, 0.15) is 18.1 Å². The molecule has 1 unspecified atom stereocenters. The fourth-order valence-corrected chi connectivity index (χ4v) is 3.78. The number of aromatic nitrogens is 3. The van der Waals surface area contributed by atoms with E-state index in [0.29, 0.717) is 13.2 Å². The van der Waals surface area contributed by atoms with E-state index >= 15 is 0 Å². The zero-order valence-corrected chi connectivity index (χ0v) is 18.6. The fourth-order valence-electron chi connectivity index (χ4n) is 3.57. The predicted octanol–water partition coefficient (Wildman–Crippen LogP) is 3.58. The largest absolute Gasteiger partial charge is 0.493 e. The van der Waals surface area contributed by atoms with Crippen LogP contribution in [0.2, 0.25) is 5.02 Å². The molecule has 3 aromatic rings. The molecule has 2 aromatic carbocycles. The average Bonchev–Trinajstić information content (AvgIpc) is 3.10. The minimum Gasteiger partial charge on any atom is -0.493 e. The lowest BCUT2D eigenvalue weighted by atomic mass is 10.0. The van der Waals surface area contributed by atoms with Gasteiger partial charge in [-0.05, 0) is 37.1 Å². The lowest BCUT2D eigenvalue weighted by Crippen LogP contribution is -2.42. The first kappa shape index (κ1) is 21.2. The summed E-state index contributed by atoms with van der Waals surface area (Å²) in [4.78, 5) is 4.79. The topological polar surface area (TPSA) is 76.4 Å². The van der Waals surface area contributed by atoms with Gasteiger partial charge in [0.05, 0.1) is 12.6 Å². The lowest BCUT2D eigenvalue weighted by molar-refractivity contribution is 0.261. The van der Waals surface area contributed by atoms with Gasteiger partial charge in [-0.15, -0.1) is 10.2 Å². The molecule has 7 nitrogen and oxygen atoms in total. The second kappa shape index (κ2) is 9.83. The maximum atomic E-state index is 6.11. The molecule has 1 aliphatic rings. The van der Waals surface area contributed by atoms with E-state index in [9.17, 15) is 0 Å². The number of nitrogens with zero attached hydrogens (tertiary/aromatic N) is 4. The number of aryl methyl sites for hydroxylation is 1. The molecule has 1 atom stereocenters. The van der Waals surface area contributed by atoms with Crippen LogP contribution in [0.15, 0.2) is 53.5 Å². The number of rotatable bonds is 6. The van der Waals surface area contributed by atoms with E-state index < -0.39 is 0 Å². The highest BCUT2D eigenvalue weighted by Crippen LogP contribution is 2.31. The number of para-hydroxylation sites is 1. The van der Waals surface area contributed by atoms with Gasteiger partial charge in [0.15, 0.2) is 11.8 Å². The molecule has 2 heterocycles. The highest BCUT2D eigenvalue weighted by atomic mass is 35.5. The summed E-state index contributed by atoms with van der Waals surface area (Å²) in [6, 6.07) is 16.2. The van der Waals surface area contributed by atoms with Crippen molar-refractivity contribution in [2.45, 2.75) is 32.4 Å². The number of aliphatic imine (C=N–C) groups is 1. The van der Waals surface area contributed by atoms with Crippen molar-refractivity contribution in [3.63, 3.8) is 0 Å². The number of fused-ring (bicyclic) bond motifs is 1. The second-order valence-corrected chi connectivity index (χ2v) is 8.00. The summed E-state index contributed by atoms with van der Waals surface area (Å²) in [5, 5.41) is 16.1. The van der Waals surface area contributed by atoms with Crippen molar-refractivity contribution in [3.05, 3.63) is 76.3 Å². The van der Waals surface area contributed by atoms with E-state index in [2.05, 4.69) is 33.0 Å². The molecule has 0 fully saturated rings. The predicted molar refractivity (Wildman–Crippen MR) is 122 cm³/mol. The van der Waals surface area contributed by atoms with Gasteiger partial charge in [-0.25, -0.2) is 4.99 Å². The van der Waals surface area contributed by atoms with E-state index in [1.165, 1.54) is 5.56 Å². The van der Waals surface area contributed by atoms with Crippen molar-refractivity contribution < 1.29 is 4.74 Å². The van der Waals surface area contributed by atoms with Crippen molar-refractivity contribution >= 4 is 17.6 Å². The van der Waals surface area contributed by atoms with Gasteiger partial charge in [0, 0.05) is 30.6 Å². The highest BCUT2D eigenvalue weighted by Gasteiger charge is 2.22. The van der Waals surface area contributed by atoms with Crippen molar-refractivity contribution in [3.8, 4) is 5.75 Å². The summed E-state index contributed by atoms with van der Waals surface area (Å²) in [5.74, 6) is 3.35. The molecule has 0 amide bonds. The third kappa shape index (κ3) is 5.35. The SMILES string of the molecule is Cc1nnc(CN=C(NCCc2cccc(Cl)c2)NC2CCOc3ccccc32)n1C. The van der Waals surface area contributed by atoms with E-state index in [1.807, 2.05) is 54.9 Å². The Morgan fingerprint density at radius 3 is 2.90 bits per heavy atom. The number of hydrogen-bond donors (Lipinski definition) is 2. The molecule has 0 saturated carbocycles. The van der Waals surface area contributed by atoms with Gasteiger partial charge in [-0.2, -0.15) is 0 Å². The van der Waals surface area contributed by atoms with Crippen LogP contribution in [0.3, 0.4) is 0 Å². The Labute approximate surface area is 187 Å². The van der Waals surface area contributed by atoms with E-state index in [4.69, 9.17) is 21.3 Å². The first-order valence-corrected chi connectivity index (χ1v) is 10.8. The van der Waals surface area contributed by atoms with Crippen LogP contribution >= 0.6 is 11.6 Å². The molecule has 4 rings (SSSR count). The first-order chi connectivity index (χ1) is 15.1. The Balaban J connectivity index is 1.48. The van der Waals surface area contributed by atoms with E-state index in [-0.39, 0.29) is 6.04 Å². The smallest absolute Gasteiger partial charge is 0.192 e. The quantitative estimate of drug-likeness (QED) is 0.454. The van der Waals surface area contributed by atoms with Gasteiger partial charge in [0.25, 0.3) is 0 Å². The van der Waals surface area contributed by atoms with Crippen molar-refractivity contribution in [1.29, 1.82) is 0 Å². The maximum absolute atomic E-state index is 6.11. The third-order valence-corrected chi connectivity index (χ3v) is 5.66. The highest BCUT2D eigenvalue weighted by molar-refractivity contribution is 6.30. The maximum Gasteiger partial charge on any atom is 0.192 e. The van der Waals surface area contributed by atoms with Crippen LogP contribution in [0.1, 0.15) is 35.2 Å². The van der Waals surface area contributed by atoms with Crippen LogP contribution in [-0.4, -0.2) is 33.9 Å². The summed E-state index contributed by atoms with van der Waals surface area (Å²) in [6.07, 6.45) is 1.71. The monoisotopic (exact) mass is 438 g/mol. The summed E-state index contributed by atoms with van der Waals surface area (Å²) >= 11 is 6.11. The summed E-state index contributed by atoms with van der Waals surface area (Å²) in [6.45, 7) is 3.78. The van der Waals surface area contributed by atoms with Gasteiger partial charge in [-0.1, -0.05) is 41.9 Å². The molecule has 0 radical (unpaired) electrons. The summed E-state index contributed by atoms with van der Waals surface area (Å²) in [5.41, 5.74) is 2.33. The standard InChI is InChI=1S/C23H27ClN6O/c1-16-28-29-22(30(16)2)15-26-23(25-12-10-17-6-5-7-18(24)14-17)27-20-11-13-31-21-9-4-3-8-19(20)21/h3-9,14,20H,10-13,15H2,1-2H3,(H2,25,26,27). The Kier molecular flexibility index (Phi) is 6.72.